The van der Waals surface area contributed by atoms with Gasteiger partial charge in [0.15, 0.2) is 5.16 Å². The van der Waals surface area contributed by atoms with Gasteiger partial charge in [-0.3, -0.25) is 9.89 Å². The number of benzene rings is 1. The zero-order valence-electron chi connectivity index (χ0n) is 19.8. The van der Waals surface area contributed by atoms with Crippen LogP contribution < -0.4 is 15.5 Å². The molecule has 3 fully saturated rings. The molecular weight excluding hydrogens is 507 g/mol. The molecule has 1 unspecified atom stereocenters. The summed E-state index contributed by atoms with van der Waals surface area (Å²) in [4.78, 5) is 23.2. The number of aryl methyl sites for hydroxylation is 1. The predicted octanol–water partition coefficient (Wildman–Crippen LogP) is 4.10. The van der Waals surface area contributed by atoms with E-state index in [0.717, 1.165) is 36.4 Å². The lowest BCUT2D eigenvalue weighted by atomic mass is 9.89. The maximum atomic E-state index is 14.9. The van der Waals surface area contributed by atoms with Crippen LogP contribution in [-0.4, -0.2) is 55.8 Å². The molecule has 0 spiro atoms. The first kappa shape index (κ1) is 24.0. The van der Waals surface area contributed by atoms with Crippen LogP contribution in [0.1, 0.15) is 25.0 Å². The molecule has 4 N–H and O–H groups in total. The number of halogens is 3. The molecule has 1 aromatic carbocycles. The summed E-state index contributed by atoms with van der Waals surface area (Å²) >= 11 is 0.990. The molecule has 194 valence electrons. The molecule has 3 aromatic rings. The van der Waals surface area contributed by atoms with Crippen molar-refractivity contribution in [1.29, 1.82) is 0 Å². The van der Waals surface area contributed by atoms with Gasteiger partial charge >= 0.3 is 0 Å². The molecule has 1 aliphatic heterocycles. The summed E-state index contributed by atoms with van der Waals surface area (Å²) in [5, 5.41) is 23.5. The summed E-state index contributed by atoms with van der Waals surface area (Å²) in [6.07, 6.45) is 1.56. The number of nitrogens with one attached hydrogen (secondary N) is 3. The molecule has 1 atom stereocenters. The van der Waals surface area contributed by atoms with Crippen LogP contribution in [-0.2, 0) is 4.79 Å². The van der Waals surface area contributed by atoms with Gasteiger partial charge in [-0.2, -0.15) is 5.10 Å². The van der Waals surface area contributed by atoms with Crippen LogP contribution in [0.25, 0.3) is 0 Å². The number of carbonyl (C=O) groups excluding carboxylic acids is 1. The Kier molecular flexibility index (Phi) is 5.60. The fraction of sp³-hybridized carbons (Fsp3) is 0.417. The Morgan fingerprint density at radius 1 is 1.22 bits per heavy atom. The quantitative estimate of drug-likeness (QED) is 0.321. The van der Waals surface area contributed by atoms with Crippen molar-refractivity contribution in [3.05, 3.63) is 41.8 Å². The molecule has 1 amide bonds. The van der Waals surface area contributed by atoms with Gasteiger partial charge < -0.3 is 20.6 Å². The Morgan fingerprint density at radius 2 is 1.97 bits per heavy atom. The van der Waals surface area contributed by atoms with Crippen molar-refractivity contribution < 1.29 is 23.1 Å². The van der Waals surface area contributed by atoms with Crippen LogP contribution in [0.3, 0.4) is 0 Å². The molecule has 9 nitrogen and oxygen atoms in total. The highest BCUT2D eigenvalue weighted by Gasteiger charge is 2.61. The Labute approximate surface area is 214 Å². The fourth-order valence-electron chi connectivity index (χ4n) is 4.45. The number of hydrogen-bond donors (Lipinski definition) is 4. The Bertz CT molecular complexity index is 1370. The van der Waals surface area contributed by atoms with Gasteiger partial charge in [0, 0.05) is 24.2 Å². The summed E-state index contributed by atoms with van der Waals surface area (Å²) in [7, 11) is 0. The number of hydrogen-bond acceptors (Lipinski definition) is 8. The summed E-state index contributed by atoms with van der Waals surface area (Å²) in [6, 6.07) is 7.55. The van der Waals surface area contributed by atoms with E-state index in [0.29, 0.717) is 36.5 Å². The molecule has 13 heteroatoms. The number of aromatic nitrogens is 4. The lowest BCUT2D eigenvalue weighted by molar-refractivity contribution is -0.119. The minimum absolute atomic E-state index is 0.0983. The first-order valence-corrected chi connectivity index (χ1v) is 12.7. The fourth-order valence-corrected chi connectivity index (χ4v) is 5.22. The number of alkyl halides is 2. The zero-order valence-corrected chi connectivity index (χ0v) is 20.6. The van der Waals surface area contributed by atoms with E-state index in [9.17, 15) is 23.1 Å². The number of nitrogens with zero attached hydrogens (tertiary/aromatic N) is 4. The van der Waals surface area contributed by atoms with E-state index in [1.165, 1.54) is 12.1 Å². The minimum Gasteiger partial charge on any atom is -0.386 e. The zero-order chi connectivity index (χ0) is 25.9. The number of aromatic amines is 1. The maximum Gasteiger partial charge on any atom is 0.260 e. The summed E-state index contributed by atoms with van der Waals surface area (Å²) < 4.78 is 41.2. The van der Waals surface area contributed by atoms with E-state index < -0.39 is 35.6 Å². The second-order valence-corrected chi connectivity index (χ2v) is 10.9. The van der Waals surface area contributed by atoms with E-state index in [4.69, 9.17) is 0 Å². The lowest BCUT2D eigenvalue weighted by Crippen LogP contribution is -2.63. The van der Waals surface area contributed by atoms with Gasteiger partial charge in [0.1, 0.15) is 34.8 Å². The highest BCUT2D eigenvalue weighted by molar-refractivity contribution is 7.99. The van der Waals surface area contributed by atoms with Gasteiger partial charge in [-0.15, -0.1) is 0 Å². The van der Waals surface area contributed by atoms with Crippen molar-refractivity contribution in [1.82, 2.24) is 20.2 Å². The van der Waals surface area contributed by atoms with E-state index >= 15 is 0 Å². The number of anilines is 4. The van der Waals surface area contributed by atoms with Crippen LogP contribution in [0.2, 0.25) is 0 Å². The van der Waals surface area contributed by atoms with Crippen molar-refractivity contribution >= 4 is 40.8 Å². The Balaban J connectivity index is 1.21. The van der Waals surface area contributed by atoms with E-state index in [1.54, 1.807) is 6.07 Å². The third-order valence-corrected chi connectivity index (χ3v) is 7.71. The van der Waals surface area contributed by atoms with E-state index in [-0.39, 0.29) is 15.7 Å². The third kappa shape index (κ3) is 4.97. The van der Waals surface area contributed by atoms with Crippen molar-refractivity contribution in [2.24, 2.45) is 11.8 Å². The first-order chi connectivity index (χ1) is 17.6. The second-order valence-electron chi connectivity index (χ2n) is 9.93. The SMILES string of the molecule is Cc1cc(Nc2cc(N3CC(O)(C4CC4)C3)nc(Sc3ccc(NC(=O)C4CC4(F)F)cc3F)n2)[nH]n1. The number of carbonyl (C=O) groups is 1. The van der Waals surface area contributed by atoms with Gasteiger partial charge in [0.05, 0.1) is 23.7 Å². The minimum atomic E-state index is -2.99. The molecule has 0 radical (unpaired) electrons. The second kappa shape index (κ2) is 8.62. The highest BCUT2D eigenvalue weighted by atomic mass is 32.2. The van der Waals surface area contributed by atoms with Crippen LogP contribution in [0, 0.1) is 24.6 Å². The van der Waals surface area contributed by atoms with E-state index in [1.807, 2.05) is 17.9 Å². The van der Waals surface area contributed by atoms with Crippen LogP contribution >= 0.6 is 11.8 Å². The highest BCUT2D eigenvalue weighted by Crippen LogP contribution is 2.49. The summed E-state index contributed by atoms with van der Waals surface area (Å²) in [5.41, 5.74) is 0.188. The molecule has 2 aromatic heterocycles. The standard InChI is InChI=1S/C24H24F3N7O2S/c1-12-6-19(33-32-12)29-18-8-20(34-10-23(36,11-34)13-2-3-13)31-22(30-18)37-17-5-4-14(7-16(17)25)28-21(35)15-9-24(15,26)27/h4-8,13,15,36H,2-3,9-11H2,1H3,(H,28,35)(H2,29,30,31,32,33). The lowest BCUT2D eigenvalue weighted by Gasteiger charge is -2.47. The van der Waals surface area contributed by atoms with Crippen LogP contribution in [0.5, 0.6) is 0 Å². The number of H-pyrrole nitrogens is 1. The van der Waals surface area contributed by atoms with Gasteiger partial charge in [-0.05, 0) is 55.6 Å². The van der Waals surface area contributed by atoms with Gasteiger partial charge in [0.25, 0.3) is 5.92 Å². The van der Waals surface area contributed by atoms with Crippen molar-refractivity contribution in [2.45, 2.75) is 47.8 Å². The number of aliphatic hydroxyl groups is 1. The Hall–Kier alpha value is -3.32. The third-order valence-electron chi connectivity index (χ3n) is 6.79. The number of amides is 1. The average Bonchev–Trinajstić information content (AvgIpc) is 3.72. The molecule has 3 heterocycles. The average molecular weight is 532 g/mol. The van der Waals surface area contributed by atoms with Crippen molar-refractivity contribution in [2.75, 3.05) is 28.6 Å². The van der Waals surface area contributed by atoms with E-state index in [2.05, 4.69) is 30.8 Å². The predicted molar refractivity (Wildman–Crippen MR) is 131 cm³/mol. The molecule has 0 bridgehead atoms. The summed E-state index contributed by atoms with van der Waals surface area (Å²) in [5.74, 6) is -3.83. The van der Waals surface area contributed by atoms with Crippen LogP contribution in [0.4, 0.5) is 36.3 Å². The topological polar surface area (TPSA) is 119 Å². The molecule has 3 aliphatic rings. The van der Waals surface area contributed by atoms with Crippen molar-refractivity contribution in [3.63, 3.8) is 0 Å². The van der Waals surface area contributed by atoms with Crippen LogP contribution in [0.15, 0.2) is 40.4 Å². The molecular formula is C24H24F3N7O2S. The Morgan fingerprint density at radius 3 is 2.59 bits per heavy atom. The van der Waals surface area contributed by atoms with Gasteiger partial charge in [-0.25, -0.2) is 23.1 Å². The number of β-amino-alcohol motifs (C(OH)–C–C–N with tert-alkyl or cyclic N) is 1. The maximum absolute atomic E-state index is 14.9. The molecule has 1 saturated heterocycles. The molecule has 37 heavy (non-hydrogen) atoms. The van der Waals surface area contributed by atoms with Gasteiger partial charge in [0.2, 0.25) is 5.91 Å². The smallest absolute Gasteiger partial charge is 0.260 e. The molecule has 2 aliphatic carbocycles. The molecule has 6 rings (SSSR count). The largest absolute Gasteiger partial charge is 0.386 e. The number of rotatable bonds is 8. The first-order valence-electron chi connectivity index (χ1n) is 11.9. The monoisotopic (exact) mass is 531 g/mol. The summed E-state index contributed by atoms with van der Waals surface area (Å²) in [6.45, 7) is 2.77. The normalized spacial score (nSPS) is 21.3. The molecule has 2 saturated carbocycles. The van der Waals surface area contributed by atoms with Gasteiger partial charge in [-0.1, -0.05) is 0 Å². The van der Waals surface area contributed by atoms with Crippen molar-refractivity contribution in [3.8, 4) is 0 Å².